The lowest BCUT2D eigenvalue weighted by molar-refractivity contribution is 0.102. The molecular weight excluding hydrogens is 402 g/mol. The topological polar surface area (TPSA) is 98.1 Å². The number of amides is 1. The largest absolute Gasteiger partial charge is 0.322 e. The maximum atomic E-state index is 12.9. The third kappa shape index (κ3) is 4.14. The number of sulfone groups is 1. The first-order chi connectivity index (χ1) is 14.3. The molecule has 2 aromatic carbocycles. The molecule has 1 N–H and O–H groups in total. The van der Waals surface area contributed by atoms with E-state index in [2.05, 4.69) is 10.3 Å². The zero-order valence-electron chi connectivity index (χ0n) is 16.7. The third-order valence-electron chi connectivity index (χ3n) is 5.35. The smallest absolute Gasteiger partial charge is 0.261 e. The SMILES string of the molecule is CS(=O)(=O)c1cccc(NC(=O)c2ccc3c(=O)n4c(nc3c2)CCCCCC4)c1. The lowest BCUT2D eigenvalue weighted by atomic mass is 10.1. The Morgan fingerprint density at radius 3 is 2.67 bits per heavy atom. The second-order valence-electron chi connectivity index (χ2n) is 7.64. The second-order valence-corrected chi connectivity index (χ2v) is 9.65. The zero-order valence-corrected chi connectivity index (χ0v) is 17.5. The summed E-state index contributed by atoms with van der Waals surface area (Å²) in [6.07, 6.45) is 6.07. The van der Waals surface area contributed by atoms with Crippen LogP contribution in [0.15, 0.2) is 52.2 Å². The highest BCUT2D eigenvalue weighted by atomic mass is 32.2. The van der Waals surface area contributed by atoms with Crippen LogP contribution < -0.4 is 10.9 Å². The molecule has 0 atom stereocenters. The molecule has 0 aliphatic carbocycles. The number of hydrogen-bond acceptors (Lipinski definition) is 5. The number of rotatable bonds is 3. The van der Waals surface area contributed by atoms with Gasteiger partial charge in [-0.25, -0.2) is 13.4 Å². The van der Waals surface area contributed by atoms with Crippen molar-refractivity contribution >= 4 is 32.3 Å². The number of nitrogens with zero attached hydrogens (tertiary/aromatic N) is 2. The van der Waals surface area contributed by atoms with E-state index in [0.29, 0.717) is 28.7 Å². The number of benzene rings is 2. The minimum absolute atomic E-state index is 0.0651. The number of anilines is 1. The highest BCUT2D eigenvalue weighted by Gasteiger charge is 2.15. The Hall–Kier alpha value is -3.00. The lowest BCUT2D eigenvalue weighted by Gasteiger charge is -2.16. The van der Waals surface area contributed by atoms with Crippen molar-refractivity contribution in [2.24, 2.45) is 0 Å². The highest BCUT2D eigenvalue weighted by Crippen LogP contribution is 2.19. The lowest BCUT2D eigenvalue weighted by Crippen LogP contribution is -2.26. The molecule has 1 aliphatic rings. The van der Waals surface area contributed by atoms with Crippen molar-refractivity contribution in [2.75, 3.05) is 11.6 Å². The van der Waals surface area contributed by atoms with E-state index >= 15 is 0 Å². The Morgan fingerprint density at radius 1 is 1.07 bits per heavy atom. The number of nitrogens with one attached hydrogen (secondary N) is 1. The summed E-state index contributed by atoms with van der Waals surface area (Å²) in [6.45, 7) is 0.677. The van der Waals surface area contributed by atoms with E-state index < -0.39 is 15.7 Å². The second kappa shape index (κ2) is 8.02. The predicted molar refractivity (Wildman–Crippen MR) is 116 cm³/mol. The summed E-state index contributed by atoms with van der Waals surface area (Å²) in [5.41, 5.74) is 1.18. The van der Waals surface area contributed by atoms with Crippen LogP contribution in [0, 0.1) is 0 Å². The van der Waals surface area contributed by atoms with Crippen molar-refractivity contribution in [3.8, 4) is 0 Å². The van der Waals surface area contributed by atoms with Gasteiger partial charge in [0.2, 0.25) is 0 Å². The maximum Gasteiger partial charge on any atom is 0.261 e. The number of hydrogen-bond donors (Lipinski definition) is 1. The van der Waals surface area contributed by atoms with E-state index in [1.165, 1.54) is 12.1 Å². The average Bonchev–Trinajstić information content (AvgIpc) is 2.68. The summed E-state index contributed by atoms with van der Waals surface area (Å²) in [4.78, 5) is 30.4. The van der Waals surface area contributed by atoms with Gasteiger partial charge in [-0.2, -0.15) is 0 Å². The van der Waals surface area contributed by atoms with Gasteiger partial charge in [0.1, 0.15) is 5.82 Å². The van der Waals surface area contributed by atoms with Gasteiger partial charge in [0.25, 0.3) is 11.5 Å². The Labute approximate surface area is 174 Å². The van der Waals surface area contributed by atoms with Crippen LogP contribution in [0.3, 0.4) is 0 Å². The molecule has 0 saturated heterocycles. The molecule has 30 heavy (non-hydrogen) atoms. The van der Waals surface area contributed by atoms with Gasteiger partial charge < -0.3 is 5.32 Å². The monoisotopic (exact) mass is 425 g/mol. The van der Waals surface area contributed by atoms with Gasteiger partial charge in [0.15, 0.2) is 9.84 Å². The first-order valence-electron chi connectivity index (χ1n) is 9.98. The van der Waals surface area contributed by atoms with E-state index in [1.54, 1.807) is 34.9 Å². The van der Waals surface area contributed by atoms with Crippen molar-refractivity contribution in [3.63, 3.8) is 0 Å². The molecule has 0 saturated carbocycles. The van der Waals surface area contributed by atoms with E-state index in [0.717, 1.165) is 44.2 Å². The van der Waals surface area contributed by atoms with Crippen LogP contribution in [-0.4, -0.2) is 30.1 Å². The number of carbonyl (C=O) groups is 1. The third-order valence-corrected chi connectivity index (χ3v) is 6.46. The summed E-state index contributed by atoms with van der Waals surface area (Å²) < 4.78 is 25.2. The molecule has 7 nitrogen and oxygen atoms in total. The molecule has 1 amide bonds. The Balaban J connectivity index is 1.67. The van der Waals surface area contributed by atoms with Gasteiger partial charge in [-0.05, 0) is 49.2 Å². The molecule has 0 spiro atoms. The van der Waals surface area contributed by atoms with Gasteiger partial charge in [0.05, 0.1) is 15.8 Å². The Kier molecular flexibility index (Phi) is 5.42. The standard InChI is InChI=1S/C22H23N3O4S/c1-30(28,29)17-8-6-7-16(14-17)23-21(26)15-10-11-18-19(13-15)24-20-9-4-2-3-5-12-25(20)22(18)27/h6-8,10-11,13-14H,2-5,9,12H2,1H3,(H,23,26). The van der Waals surface area contributed by atoms with Gasteiger partial charge in [-0.3, -0.25) is 14.2 Å². The quantitative estimate of drug-likeness (QED) is 0.695. The highest BCUT2D eigenvalue weighted by molar-refractivity contribution is 7.90. The molecule has 0 fully saturated rings. The van der Waals surface area contributed by atoms with Crippen molar-refractivity contribution in [1.29, 1.82) is 0 Å². The normalized spacial score (nSPS) is 14.6. The summed E-state index contributed by atoms with van der Waals surface area (Å²) in [5, 5.41) is 3.21. The molecule has 3 aromatic rings. The van der Waals surface area contributed by atoms with Crippen LogP contribution in [0.5, 0.6) is 0 Å². The fourth-order valence-corrected chi connectivity index (χ4v) is 4.41. The van der Waals surface area contributed by atoms with Crippen molar-refractivity contribution in [1.82, 2.24) is 9.55 Å². The van der Waals surface area contributed by atoms with Crippen LogP contribution in [0.4, 0.5) is 5.69 Å². The number of aryl methyl sites for hydroxylation is 1. The summed E-state index contributed by atoms with van der Waals surface area (Å²) >= 11 is 0. The fourth-order valence-electron chi connectivity index (χ4n) is 3.74. The molecule has 1 aliphatic heterocycles. The van der Waals surface area contributed by atoms with E-state index in [9.17, 15) is 18.0 Å². The minimum Gasteiger partial charge on any atom is -0.322 e. The van der Waals surface area contributed by atoms with Crippen LogP contribution in [0.2, 0.25) is 0 Å². The molecular formula is C22H23N3O4S. The van der Waals surface area contributed by atoms with Crippen molar-refractivity contribution in [3.05, 3.63) is 64.2 Å². The van der Waals surface area contributed by atoms with Crippen LogP contribution in [-0.2, 0) is 22.8 Å². The first kappa shape index (κ1) is 20.3. The van der Waals surface area contributed by atoms with Crippen LogP contribution in [0.25, 0.3) is 10.9 Å². The van der Waals surface area contributed by atoms with E-state index in [-0.39, 0.29) is 10.5 Å². The predicted octanol–water partition coefficient (Wildman–Crippen LogP) is 3.17. The molecule has 4 rings (SSSR count). The van der Waals surface area contributed by atoms with E-state index in [1.807, 2.05) is 0 Å². The van der Waals surface area contributed by atoms with Gasteiger partial charge in [-0.15, -0.1) is 0 Å². The molecule has 0 bridgehead atoms. The number of fused-ring (bicyclic) bond motifs is 2. The molecule has 2 heterocycles. The van der Waals surface area contributed by atoms with Crippen LogP contribution >= 0.6 is 0 Å². The molecule has 0 radical (unpaired) electrons. The maximum absolute atomic E-state index is 12.9. The van der Waals surface area contributed by atoms with E-state index in [4.69, 9.17) is 0 Å². The Bertz CT molecular complexity index is 1300. The minimum atomic E-state index is -3.37. The average molecular weight is 426 g/mol. The van der Waals surface area contributed by atoms with Crippen molar-refractivity contribution in [2.45, 2.75) is 43.5 Å². The molecule has 1 aromatic heterocycles. The Morgan fingerprint density at radius 2 is 1.87 bits per heavy atom. The molecule has 0 unspecified atom stereocenters. The first-order valence-corrected chi connectivity index (χ1v) is 11.9. The fraction of sp³-hybridized carbons (Fsp3) is 0.318. The molecule has 8 heteroatoms. The van der Waals surface area contributed by atoms with Gasteiger partial charge in [-0.1, -0.05) is 18.9 Å². The molecule has 156 valence electrons. The summed E-state index contributed by atoms with van der Waals surface area (Å²) in [5.74, 6) is 0.377. The summed E-state index contributed by atoms with van der Waals surface area (Å²) in [6, 6.07) is 10.9. The van der Waals surface area contributed by atoms with Gasteiger partial charge in [0, 0.05) is 30.5 Å². The van der Waals surface area contributed by atoms with Crippen LogP contribution in [0.1, 0.15) is 41.9 Å². The van der Waals surface area contributed by atoms with Crippen molar-refractivity contribution < 1.29 is 13.2 Å². The number of carbonyl (C=O) groups excluding carboxylic acids is 1. The summed E-state index contributed by atoms with van der Waals surface area (Å²) in [7, 11) is -3.37. The number of aromatic nitrogens is 2. The van der Waals surface area contributed by atoms with Gasteiger partial charge >= 0.3 is 0 Å². The zero-order chi connectivity index (χ0) is 21.3.